The third kappa shape index (κ3) is 2.77. The minimum absolute atomic E-state index is 0.0802. The third-order valence-corrected chi connectivity index (χ3v) is 5.69. The van der Waals surface area contributed by atoms with E-state index in [4.69, 9.17) is 0 Å². The Morgan fingerprint density at radius 2 is 2.32 bits per heavy atom. The zero-order valence-electron chi connectivity index (χ0n) is 10.0. The number of hydrazine groups is 1. The molecule has 0 radical (unpaired) electrons. The maximum atomic E-state index is 12.2. The van der Waals surface area contributed by atoms with Crippen LogP contribution in [0.1, 0.15) is 6.42 Å². The van der Waals surface area contributed by atoms with Crippen LogP contribution in [0.4, 0.5) is 0 Å². The summed E-state index contributed by atoms with van der Waals surface area (Å²) in [6.45, 7) is -0.126. The molecule has 1 saturated heterocycles. The lowest BCUT2D eigenvalue weighted by Crippen LogP contribution is -2.54. The second-order valence-electron chi connectivity index (χ2n) is 3.93. The number of esters is 1. The summed E-state index contributed by atoms with van der Waals surface area (Å²) in [5.74, 6) is -1.91. The lowest BCUT2D eigenvalue weighted by molar-refractivity contribution is -0.150. The highest BCUT2D eigenvalue weighted by Gasteiger charge is 2.37. The van der Waals surface area contributed by atoms with Gasteiger partial charge in [0.25, 0.3) is 10.0 Å². The van der Waals surface area contributed by atoms with Crippen LogP contribution in [-0.4, -0.2) is 38.4 Å². The first-order valence-corrected chi connectivity index (χ1v) is 7.70. The number of nitrogens with zero attached hydrogens (tertiary/aromatic N) is 1. The Morgan fingerprint density at radius 1 is 1.58 bits per heavy atom. The summed E-state index contributed by atoms with van der Waals surface area (Å²) in [6.07, 6.45) is -0.0802. The van der Waals surface area contributed by atoms with Crippen molar-refractivity contribution in [2.24, 2.45) is 5.92 Å². The Balaban J connectivity index is 2.25. The number of carbonyl (C=O) groups excluding carboxylic acids is 2. The maximum Gasteiger partial charge on any atom is 0.310 e. The smallest absolute Gasteiger partial charge is 0.310 e. The van der Waals surface area contributed by atoms with Crippen molar-refractivity contribution in [3.8, 4) is 0 Å². The Bertz CT molecular complexity index is 581. The average Bonchev–Trinajstić information content (AvgIpc) is 2.91. The number of ether oxygens (including phenoxy) is 1. The molecule has 1 aliphatic rings. The number of amides is 1. The van der Waals surface area contributed by atoms with E-state index in [0.717, 1.165) is 15.8 Å². The van der Waals surface area contributed by atoms with Gasteiger partial charge in [-0.05, 0) is 11.4 Å². The molecule has 0 bridgehead atoms. The summed E-state index contributed by atoms with van der Waals surface area (Å²) in [4.78, 5) is 22.9. The van der Waals surface area contributed by atoms with Crippen molar-refractivity contribution in [3.63, 3.8) is 0 Å². The predicted octanol–water partition coefficient (Wildman–Crippen LogP) is -0.0371. The lowest BCUT2D eigenvalue weighted by Gasteiger charge is -2.30. The van der Waals surface area contributed by atoms with Crippen LogP contribution in [0.25, 0.3) is 0 Å². The summed E-state index contributed by atoms with van der Waals surface area (Å²) in [5.41, 5.74) is 2.26. The van der Waals surface area contributed by atoms with E-state index in [1.54, 1.807) is 11.4 Å². The molecule has 1 amide bonds. The molecule has 1 aromatic heterocycles. The van der Waals surface area contributed by atoms with E-state index < -0.39 is 27.8 Å². The Morgan fingerprint density at radius 3 is 2.89 bits per heavy atom. The molecule has 0 spiro atoms. The maximum absolute atomic E-state index is 12.2. The number of sulfonamides is 1. The summed E-state index contributed by atoms with van der Waals surface area (Å²) >= 11 is 1.04. The number of methoxy groups -OCH3 is 1. The number of nitrogens with one attached hydrogen (secondary N) is 1. The first kappa shape index (κ1) is 14.0. The summed E-state index contributed by atoms with van der Waals surface area (Å²) in [5, 5.41) is 1.62. The highest BCUT2D eigenvalue weighted by atomic mass is 32.2. The second kappa shape index (κ2) is 5.27. The van der Waals surface area contributed by atoms with Crippen molar-refractivity contribution in [1.82, 2.24) is 9.84 Å². The number of hydrogen-bond acceptors (Lipinski definition) is 6. The predicted molar refractivity (Wildman–Crippen MR) is 66.5 cm³/mol. The van der Waals surface area contributed by atoms with Crippen molar-refractivity contribution >= 4 is 33.2 Å². The summed E-state index contributed by atoms with van der Waals surface area (Å²) < 4.78 is 29.9. The monoisotopic (exact) mass is 304 g/mol. The molecule has 1 fully saturated rings. The number of rotatable bonds is 3. The first-order valence-electron chi connectivity index (χ1n) is 5.38. The van der Waals surface area contributed by atoms with Gasteiger partial charge in [-0.2, -0.15) is 0 Å². The molecule has 104 valence electrons. The van der Waals surface area contributed by atoms with Crippen LogP contribution < -0.4 is 5.43 Å². The van der Waals surface area contributed by atoms with Crippen LogP contribution >= 0.6 is 11.3 Å². The molecule has 2 heterocycles. The molecule has 2 rings (SSSR count). The molecule has 1 unspecified atom stereocenters. The molecular weight excluding hydrogens is 292 g/mol. The molecule has 0 saturated carbocycles. The van der Waals surface area contributed by atoms with E-state index in [1.807, 2.05) is 0 Å². The van der Waals surface area contributed by atoms with E-state index in [0.29, 0.717) is 0 Å². The molecule has 7 nitrogen and oxygen atoms in total. The number of hydrogen-bond donors (Lipinski definition) is 1. The highest BCUT2D eigenvalue weighted by molar-refractivity contribution is 7.91. The topological polar surface area (TPSA) is 92.8 Å². The standard InChI is InChI=1S/C10H12N2O5S2/c1-17-10(14)7-5-8(13)11-12(6-7)19(15,16)9-3-2-4-18-9/h2-4,7H,5-6H2,1H3,(H,11,13). The first-order chi connectivity index (χ1) is 8.95. The molecule has 1 aromatic rings. The van der Waals surface area contributed by atoms with Crippen molar-refractivity contribution < 1.29 is 22.7 Å². The van der Waals surface area contributed by atoms with Crippen molar-refractivity contribution in [2.75, 3.05) is 13.7 Å². The van der Waals surface area contributed by atoms with Gasteiger partial charge in [0, 0.05) is 13.0 Å². The lowest BCUT2D eigenvalue weighted by atomic mass is 10.0. The van der Waals surface area contributed by atoms with E-state index in [1.165, 1.54) is 13.2 Å². The Kier molecular flexibility index (Phi) is 3.88. The quantitative estimate of drug-likeness (QED) is 0.791. The van der Waals surface area contributed by atoms with E-state index in [-0.39, 0.29) is 17.2 Å². The molecule has 1 aliphatic heterocycles. The van der Waals surface area contributed by atoms with Gasteiger partial charge >= 0.3 is 5.97 Å². The Hall–Kier alpha value is -1.45. The van der Waals surface area contributed by atoms with Crippen molar-refractivity contribution in [2.45, 2.75) is 10.6 Å². The number of carbonyl (C=O) groups is 2. The Labute approximate surface area is 114 Å². The third-order valence-electron chi connectivity index (χ3n) is 2.64. The van der Waals surface area contributed by atoms with Gasteiger partial charge in [0.15, 0.2) is 0 Å². The highest BCUT2D eigenvalue weighted by Crippen LogP contribution is 2.23. The van der Waals surface area contributed by atoms with Gasteiger partial charge in [0.05, 0.1) is 13.0 Å². The van der Waals surface area contributed by atoms with Crippen LogP contribution in [0, 0.1) is 5.92 Å². The van der Waals surface area contributed by atoms with Crippen LogP contribution in [0.3, 0.4) is 0 Å². The van der Waals surface area contributed by atoms with Gasteiger partial charge in [-0.3, -0.25) is 15.0 Å². The summed E-state index contributed by atoms with van der Waals surface area (Å²) in [6, 6.07) is 3.04. The normalized spacial score (nSPS) is 20.9. The molecule has 0 aromatic carbocycles. The molecule has 0 aliphatic carbocycles. The molecule has 19 heavy (non-hydrogen) atoms. The minimum atomic E-state index is -3.81. The van der Waals surface area contributed by atoms with Gasteiger partial charge in [-0.1, -0.05) is 6.07 Å². The second-order valence-corrected chi connectivity index (χ2v) is 6.96. The van der Waals surface area contributed by atoms with Crippen molar-refractivity contribution in [1.29, 1.82) is 0 Å². The van der Waals surface area contributed by atoms with E-state index >= 15 is 0 Å². The average molecular weight is 304 g/mol. The largest absolute Gasteiger partial charge is 0.469 e. The van der Waals surface area contributed by atoms with Gasteiger partial charge < -0.3 is 4.74 Å². The van der Waals surface area contributed by atoms with Crippen LogP contribution in [-0.2, 0) is 24.3 Å². The van der Waals surface area contributed by atoms with Gasteiger partial charge in [-0.25, -0.2) is 8.42 Å². The fourth-order valence-corrected chi connectivity index (χ4v) is 4.16. The number of thiophene rings is 1. The minimum Gasteiger partial charge on any atom is -0.469 e. The van der Waals surface area contributed by atoms with Crippen LogP contribution in [0.5, 0.6) is 0 Å². The van der Waals surface area contributed by atoms with Gasteiger partial charge in [0.1, 0.15) is 4.21 Å². The van der Waals surface area contributed by atoms with E-state index in [9.17, 15) is 18.0 Å². The molecule has 1 N–H and O–H groups in total. The zero-order valence-corrected chi connectivity index (χ0v) is 11.7. The van der Waals surface area contributed by atoms with E-state index in [2.05, 4.69) is 10.2 Å². The fraction of sp³-hybridized carbons (Fsp3) is 0.400. The molecular formula is C10H12N2O5S2. The fourth-order valence-electron chi connectivity index (χ4n) is 1.72. The van der Waals surface area contributed by atoms with Crippen LogP contribution in [0.2, 0.25) is 0 Å². The molecule has 9 heteroatoms. The zero-order chi connectivity index (χ0) is 14.0. The molecule has 1 atom stereocenters. The van der Waals surface area contributed by atoms with Crippen LogP contribution in [0.15, 0.2) is 21.7 Å². The van der Waals surface area contributed by atoms with Gasteiger partial charge in [-0.15, -0.1) is 15.8 Å². The SMILES string of the molecule is COC(=O)C1CC(=O)NN(S(=O)(=O)c2cccs2)C1. The van der Waals surface area contributed by atoms with Crippen molar-refractivity contribution in [3.05, 3.63) is 17.5 Å². The van der Waals surface area contributed by atoms with Gasteiger partial charge in [0.2, 0.25) is 5.91 Å². The summed E-state index contributed by atoms with van der Waals surface area (Å²) in [7, 11) is -2.61.